The molecule has 1 fully saturated rings. The van der Waals surface area contributed by atoms with Crippen LogP contribution in [-0.4, -0.2) is 60.7 Å². The molecule has 29 heavy (non-hydrogen) atoms. The molecule has 0 atom stereocenters. The SMILES string of the molecule is COc1cccc(-c2ccc(C(=O)N3CCN(C(=O)OC(C)(C)C)CC3)cc2)c1. The minimum Gasteiger partial charge on any atom is -0.497 e. The Balaban J connectivity index is 1.61. The van der Waals surface area contributed by atoms with Crippen LogP contribution in [0.3, 0.4) is 0 Å². The van der Waals surface area contributed by atoms with Gasteiger partial charge in [0.2, 0.25) is 0 Å². The van der Waals surface area contributed by atoms with Gasteiger partial charge in [0.15, 0.2) is 0 Å². The Morgan fingerprint density at radius 2 is 1.48 bits per heavy atom. The minimum atomic E-state index is -0.519. The van der Waals surface area contributed by atoms with Gasteiger partial charge in [-0.05, 0) is 56.2 Å². The summed E-state index contributed by atoms with van der Waals surface area (Å²) >= 11 is 0. The van der Waals surface area contributed by atoms with Crippen LogP contribution in [-0.2, 0) is 4.74 Å². The third kappa shape index (κ3) is 5.28. The number of methoxy groups -OCH3 is 1. The molecule has 1 saturated heterocycles. The van der Waals surface area contributed by atoms with Crippen molar-refractivity contribution >= 4 is 12.0 Å². The summed E-state index contributed by atoms with van der Waals surface area (Å²) in [6, 6.07) is 15.4. The summed E-state index contributed by atoms with van der Waals surface area (Å²) in [6.45, 7) is 7.48. The fraction of sp³-hybridized carbons (Fsp3) is 0.391. The smallest absolute Gasteiger partial charge is 0.410 e. The number of benzene rings is 2. The van der Waals surface area contributed by atoms with Gasteiger partial charge in [-0.3, -0.25) is 4.79 Å². The Morgan fingerprint density at radius 1 is 0.862 bits per heavy atom. The molecular weight excluding hydrogens is 368 g/mol. The number of nitrogens with zero attached hydrogens (tertiary/aromatic N) is 2. The Morgan fingerprint density at radius 3 is 2.07 bits per heavy atom. The summed E-state index contributed by atoms with van der Waals surface area (Å²) in [5.41, 5.74) is 2.18. The fourth-order valence-corrected chi connectivity index (χ4v) is 3.21. The van der Waals surface area contributed by atoms with Crippen LogP contribution in [0.2, 0.25) is 0 Å². The highest BCUT2D eigenvalue weighted by Crippen LogP contribution is 2.24. The van der Waals surface area contributed by atoms with Crippen LogP contribution >= 0.6 is 0 Å². The molecule has 0 bridgehead atoms. The number of carbonyl (C=O) groups excluding carboxylic acids is 2. The Kier molecular flexibility index (Phi) is 6.11. The molecule has 0 unspecified atom stereocenters. The van der Waals surface area contributed by atoms with E-state index in [1.54, 1.807) is 16.9 Å². The summed E-state index contributed by atoms with van der Waals surface area (Å²) in [5.74, 6) is 0.775. The molecule has 0 aromatic heterocycles. The van der Waals surface area contributed by atoms with E-state index in [9.17, 15) is 9.59 Å². The third-order valence-corrected chi connectivity index (χ3v) is 4.75. The lowest BCUT2D eigenvalue weighted by atomic mass is 10.0. The zero-order chi connectivity index (χ0) is 21.0. The molecule has 2 aromatic carbocycles. The van der Waals surface area contributed by atoms with Crippen LogP contribution in [0.4, 0.5) is 4.79 Å². The van der Waals surface area contributed by atoms with Crippen molar-refractivity contribution in [1.29, 1.82) is 0 Å². The molecule has 1 aliphatic heterocycles. The number of amides is 2. The van der Waals surface area contributed by atoms with Crippen LogP contribution in [0.25, 0.3) is 11.1 Å². The van der Waals surface area contributed by atoms with Gasteiger partial charge in [0.1, 0.15) is 11.4 Å². The van der Waals surface area contributed by atoms with Gasteiger partial charge in [0, 0.05) is 31.7 Å². The Labute approximate surface area is 172 Å². The molecular formula is C23H28N2O4. The first-order chi connectivity index (χ1) is 13.8. The van der Waals surface area contributed by atoms with Crippen molar-refractivity contribution in [2.24, 2.45) is 0 Å². The van der Waals surface area contributed by atoms with E-state index in [1.807, 2.05) is 69.3 Å². The maximum Gasteiger partial charge on any atom is 0.410 e. The Hall–Kier alpha value is -3.02. The molecule has 0 N–H and O–H groups in total. The predicted octanol–water partition coefficient (Wildman–Crippen LogP) is 4.06. The van der Waals surface area contributed by atoms with Crippen LogP contribution in [0.15, 0.2) is 48.5 Å². The molecule has 0 radical (unpaired) electrons. The van der Waals surface area contributed by atoms with E-state index in [1.165, 1.54) is 0 Å². The standard InChI is InChI=1S/C23H28N2O4/c1-23(2,3)29-22(27)25-14-12-24(13-15-25)21(26)18-10-8-17(9-11-18)19-6-5-7-20(16-19)28-4/h5-11,16H,12-15H2,1-4H3. The Bertz CT molecular complexity index is 863. The van der Waals surface area contributed by atoms with Crippen molar-refractivity contribution in [3.8, 4) is 16.9 Å². The molecule has 0 saturated carbocycles. The van der Waals surface area contributed by atoms with Gasteiger partial charge >= 0.3 is 6.09 Å². The summed E-state index contributed by atoms with van der Waals surface area (Å²) in [5, 5.41) is 0. The van der Waals surface area contributed by atoms with Crippen molar-refractivity contribution in [3.05, 3.63) is 54.1 Å². The second-order valence-electron chi connectivity index (χ2n) is 8.07. The molecule has 154 valence electrons. The second kappa shape index (κ2) is 8.55. The number of piperazine rings is 1. The van der Waals surface area contributed by atoms with E-state index in [2.05, 4.69) is 0 Å². The molecule has 2 aromatic rings. The maximum absolute atomic E-state index is 12.8. The van der Waals surface area contributed by atoms with Crippen LogP contribution < -0.4 is 4.74 Å². The zero-order valence-corrected chi connectivity index (χ0v) is 17.5. The average Bonchev–Trinajstić information content (AvgIpc) is 2.72. The van der Waals surface area contributed by atoms with E-state index in [4.69, 9.17) is 9.47 Å². The number of ether oxygens (including phenoxy) is 2. The minimum absolute atomic E-state index is 0.0222. The first-order valence-corrected chi connectivity index (χ1v) is 9.78. The van der Waals surface area contributed by atoms with Gasteiger partial charge in [0.25, 0.3) is 5.91 Å². The topological polar surface area (TPSA) is 59.1 Å². The van der Waals surface area contributed by atoms with Gasteiger partial charge in [-0.2, -0.15) is 0 Å². The molecule has 6 nitrogen and oxygen atoms in total. The summed E-state index contributed by atoms with van der Waals surface area (Å²) in [4.78, 5) is 28.4. The largest absolute Gasteiger partial charge is 0.497 e. The van der Waals surface area contributed by atoms with E-state index >= 15 is 0 Å². The lowest BCUT2D eigenvalue weighted by Gasteiger charge is -2.35. The molecule has 0 spiro atoms. The normalized spacial score (nSPS) is 14.5. The quantitative estimate of drug-likeness (QED) is 0.785. The highest BCUT2D eigenvalue weighted by atomic mass is 16.6. The predicted molar refractivity (Wildman–Crippen MR) is 112 cm³/mol. The van der Waals surface area contributed by atoms with Crippen LogP contribution in [0.5, 0.6) is 5.75 Å². The summed E-state index contributed by atoms with van der Waals surface area (Å²) < 4.78 is 10.7. The van der Waals surface area contributed by atoms with Crippen LogP contribution in [0, 0.1) is 0 Å². The van der Waals surface area contributed by atoms with E-state index in [0.717, 1.165) is 16.9 Å². The average molecular weight is 396 g/mol. The van der Waals surface area contributed by atoms with Crippen molar-refractivity contribution in [2.75, 3.05) is 33.3 Å². The zero-order valence-electron chi connectivity index (χ0n) is 17.5. The molecule has 1 heterocycles. The maximum atomic E-state index is 12.8. The van der Waals surface area contributed by atoms with E-state index < -0.39 is 5.60 Å². The molecule has 3 rings (SSSR count). The van der Waals surface area contributed by atoms with Gasteiger partial charge in [-0.25, -0.2) is 4.79 Å². The van der Waals surface area contributed by atoms with Crippen molar-refractivity contribution < 1.29 is 19.1 Å². The van der Waals surface area contributed by atoms with E-state index in [-0.39, 0.29) is 12.0 Å². The van der Waals surface area contributed by atoms with Gasteiger partial charge in [-0.1, -0.05) is 24.3 Å². The van der Waals surface area contributed by atoms with Gasteiger partial charge in [-0.15, -0.1) is 0 Å². The summed E-state index contributed by atoms with van der Waals surface area (Å²) in [7, 11) is 1.64. The molecule has 0 aliphatic carbocycles. The fourth-order valence-electron chi connectivity index (χ4n) is 3.21. The molecule has 6 heteroatoms. The summed E-state index contributed by atoms with van der Waals surface area (Å²) in [6.07, 6.45) is -0.327. The number of hydrogen-bond acceptors (Lipinski definition) is 4. The number of carbonyl (C=O) groups is 2. The monoisotopic (exact) mass is 396 g/mol. The van der Waals surface area contributed by atoms with Crippen molar-refractivity contribution in [3.63, 3.8) is 0 Å². The van der Waals surface area contributed by atoms with Gasteiger partial charge in [0.05, 0.1) is 7.11 Å². The number of hydrogen-bond donors (Lipinski definition) is 0. The van der Waals surface area contributed by atoms with Crippen molar-refractivity contribution in [2.45, 2.75) is 26.4 Å². The van der Waals surface area contributed by atoms with Crippen LogP contribution in [0.1, 0.15) is 31.1 Å². The molecule has 1 aliphatic rings. The second-order valence-corrected chi connectivity index (χ2v) is 8.07. The highest BCUT2D eigenvalue weighted by molar-refractivity contribution is 5.95. The highest BCUT2D eigenvalue weighted by Gasteiger charge is 2.28. The third-order valence-electron chi connectivity index (χ3n) is 4.75. The first-order valence-electron chi connectivity index (χ1n) is 9.78. The number of rotatable bonds is 3. The van der Waals surface area contributed by atoms with Crippen molar-refractivity contribution in [1.82, 2.24) is 9.80 Å². The van der Waals surface area contributed by atoms with E-state index in [0.29, 0.717) is 31.7 Å². The lowest BCUT2D eigenvalue weighted by molar-refractivity contribution is 0.0141. The first kappa shape index (κ1) is 20.7. The van der Waals surface area contributed by atoms with Gasteiger partial charge < -0.3 is 19.3 Å². The molecule has 2 amide bonds. The lowest BCUT2D eigenvalue weighted by Crippen LogP contribution is -2.51.